The molecule has 1 saturated carbocycles. The highest BCUT2D eigenvalue weighted by atomic mass is 32.2. The van der Waals surface area contributed by atoms with Crippen molar-refractivity contribution in [3.63, 3.8) is 0 Å². The van der Waals surface area contributed by atoms with E-state index in [0.717, 1.165) is 38.9 Å². The van der Waals surface area contributed by atoms with Crippen LogP contribution in [0.5, 0.6) is 0 Å². The maximum atomic E-state index is 12.3. The quantitative estimate of drug-likeness (QED) is 0.689. The first-order chi connectivity index (χ1) is 9.54. The van der Waals surface area contributed by atoms with E-state index in [0.29, 0.717) is 17.4 Å². The molecule has 20 heavy (non-hydrogen) atoms. The zero-order valence-corrected chi connectivity index (χ0v) is 13.1. The predicted octanol–water partition coefficient (Wildman–Crippen LogP) is 0.913. The number of nitrogens with one attached hydrogen (secondary N) is 1. The summed E-state index contributed by atoms with van der Waals surface area (Å²) in [6, 6.07) is 0. The number of sulfonamides is 1. The Morgan fingerprint density at radius 3 is 2.90 bits per heavy atom. The summed E-state index contributed by atoms with van der Waals surface area (Å²) >= 11 is 0. The minimum atomic E-state index is -3.37. The van der Waals surface area contributed by atoms with Crippen molar-refractivity contribution in [3.8, 4) is 0 Å². The van der Waals surface area contributed by atoms with Crippen LogP contribution in [0.1, 0.15) is 26.2 Å². The van der Waals surface area contributed by atoms with Gasteiger partial charge in [0.25, 0.3) is 0 Å². The minimum Gasteiger partial charge on any atom is -0.317 e. The van der Waals surface area contributed by atoms with Crippen molar-refractivity contribution in [2.75, 3.05) is 26.7 Å². The van der Waals surface area contributed by atoms with E-state index in [4.69, 9.17) is 0 Å². The standard InChI is InChI=1S/C13H24N4O2S/c1-3-14-7-4-8-17-11-13(9-15-17)20(18,19)16(2)10-12-5-6-12/h9,11-12,14H,3-8,10H2,1-2H3. The molecule has 0 aromatic carbocycles. The molecule has 114 valence electrons. The molecule has 0 amide bonds. The minimum absolute atomic E-state index is 0.295. The van der Waals surface area contributed by atoms with Crippen LogP contribution in [-0.4, -0.2) is 49.2 Å². The second-order valence-corrected chi connectivity index (χ2v) is 7.42. The van der Waals surface area contributed by atoms with Crippen molar-refractivity contribution in [2.45, 2.75) is 37.6 Å². The van der Waals surface area contributed by atoms with Crippen LogP contribution in [0.15, 0.2) is 17.3 Å². The highest BCUT2D eigenvalue weighted by Gasteiger charge is 2.29. The van der Waals surface area contributed by atoms with Gasteiger partial charge in [-0.1, -0.05) is 6.92 Å². The monoisotopic (exact) mass is 300 g/mol. The van der Waals surface area contributed by atoms with Crippen LogP contribution in [0.4, 0.5) is 0 Å². The number of hydrogen-bond acceptors (Lipinski definition) is 4. The Morgan fingerprint density at radius 2 is 2.25 bits per heavy atom. The van der Waals surface area contributed by atoms with E-state index in [1.165, 1.54) is 10.5 Å². The maximum absolute atomic E-state index is 12.3. The number of hydrogen-bond donors (Lipinski definition) is 1. The normalized spacial score (nSPS) is 15.9. The van der Waals surface area contributed by atoms with Crippen LogP contribution in [0, 0.1) is 5.92 Å². The third-order valence-electron chi connectivity index (χ3n) is 3.52. The fourth-order valence-corrected chi connectivity index (χ4v) is 3.29. The fraction of sp³-hybridized carbons (Fsp3) is 0.769. The summed E-state index contributed by atoms with van der Waals surface area (Å²) in [6.45, 7) is 5.28. The van der Waals surface area contributed by atoms with Gasteiger partial charge in [-0.15, -0.1) is 0 Å². The molecule has 0 aliphatic heterocycles. The molecular weight excluding hydrogens is 276 g/mol. The van der Waals surface area contributed by atoms with Crippen LogP contribution >= 0.6 is 0 Å². The molecule has 1 aromatic rings. The number of aromatic nitrogens is 2. The lowest BCUT2D eigenvalue weighted by Crippen LogP contribution is -2.28. The summed E-state index contributed by atoms with van der Waals surface area (Å²) in [6.07, 6.45) is 6.30. The van der Waals surface area contributed by atoms with Gasteiger partial charge in [-0.25, -0.2) is 12.7 Å². The molecule has 0 spiro atoms. The van der Waals surface area contributed by atoms with Crippen molar-refractivity contribution >= 4 is 10.0 Å². The third kappa shape index (κ3) is 4.04. The Morgan fingerprint density at radius 1 is 1.50 bits per heavy atom. The van der Waals surface area contributed by atoms with Gasteiger partial charge in [-0.05, 0) is 38.3 Å². The molecule has 1 fully saturated rings. The van der Waals surface area contributed by atoms with Crippen molar-refractivity contribution in [1.29, 1.82) is 0 Å². The molecule has 1 aliphatic rings. The first kappa shape index (κ1) is 15.5. The van der Waals surface area contributed by atoms with E-state index >= 15 is 0 Å². The van der Waals surface area contributed by atoms with E-state index in [9.17, 15) is 8.42 Å². The first-order valence-electron chi connectivity index (χ1n) is 7.23. The van der Waals surface area contributed by atoms with E-state index in [1.807, 2.05) is 0 Å². The average molecular weight is 300 g/mol. The van der Waals surface area contributed by atoms with Gasteiger partial charge in [-0.3, -0.25) is 4.68 Å². The summed E-state index contributed by atoms with van der Waals surface area (Å²) in [7, 11) is -1.73. The summed E-state index contributed by atoms with van der Waals surface area (Å²) in [4.78, 5) is 0.295. The number of rotatable bonds is 9. The molecule has 2 rings (SSSR count). The average Bonchev–Trinajstić information content (AvgIpc) is 3.09. The first-order valence-corrected chi connectivity index (χ1v) is 8.67. The van der Waals surface area contributed by atoms with Gasteiger partial charge < -0.3 is 5.32 Å². The summed E-state index contributed by atoms with van der Waals surface area (Å²) in [5, 5.41) is 7.38. The predicted molar refractivity (Wildman–Crippen MR) is 77.9 cm³/mol. The van der Waals surface area contributed by atoms with Gasteiger partial charge in [0, 0.05) is 26.3 Å². The second kappa shape index (κ2) is 6.69. The van der Waals surface area contributed by atoms with Crippen molar-refractivity contribution < 1.29 is 8.42 Å². The Hall–Kier alpha value is -0.920. The highest BCUT2D eigenvalue weighted by Crippen LogP contribution is 2.30. The van der Waals surface area contributed by atoms with Gasteiger partial charge in [-0.2, -0.15) is 5.10 Å². The van der Waals surface area contributed by atoms with Gasteiger partial charge in [0.1, 0.15) is 4.90 Å². The Kier molecular flexibility index (Phi) is 5.17. The van der Waals surface area contributed by atoms with Gasteiger partial charge in [0.15, 0.2) is 0 Å². The molecule has 0 radical (unpaired) electrons. The molecule has 7 heteroatoms. The SMILES string of the molecule is CCNCCCn1cc(S(=O)(=O)N(C)CC2CC2)cn1. The van der Waals surface area contributed by atoms with E-state index in [1.54, 1.807) is 17.9 Å². The van der Waals surface area contributed by atoms with Gasteiger partial charge >= 0.3 is 0 Å². The molecule has 1 heterocycles. The lowest BCUT2D eigenvalue weighted by molar-refractivity contribution is 0.452. The molecular formula is C13H24N4O2S. The zero-order chi connectivity index (χ0) is 14.6. The summed E-state index contributed by atoms with van der Waals surface area (Å²) in [5.74, 6) is 0.546. The fourth-order valence-electron chi connectivity index (χ4n) is 2.09. The molecule has 1 N–H and O–H groups in total. The maximum Gasteiger partial charge on any atom is 0.245 e. The number of aryl methyl sites for hydroxylation is 1. The van der Waals surface area contributed by atoms with Crippen molar-refractivity contribution in [2.24, 2.45) is 5.92 Å². The largest absolute Gasteiger partial charge is 0.317 e. The van der Waals surface area contributed by atoms with Crippen molar-refractivity contribution in [3.05, 3.63) is 12.4 Å². The van der Waals surface area contributed by atoms with Crippen LogP contribution in [0.3, 0.4) is 0 Å². The van der Waals surface area contributed by atoms with Crippen LogP contribution in [0.25, 0.3) is 0 Å². The van der Waals surface area contributed by atoms with Gasteiger partial charge in [0.05, 0.1) is 6.20 Å². The van der Waals surface area contributed by atoms with Crippen LogP contribution < -0.4 is 5.32 Å². The molecule has 1 aliphatic carbocycles. The summed E-state index contributed by atoms with van der Waals surface area (Å²) < 4.78 is 27.8. The lowest BCUT2D eigenvalue weighted by Gasteiger charge is -2.15. The number of nitrogens with zero attached hydrogens (tertiary/aromatic N) is 3. The zero-order valence-electron chi connectivity index (χ0n) is 12.2. The molecule has 0 saturated heterocycles. The Balaban J connectivity index is 1.92. The molecule has 6 nitrogen and oxygen atoms in total. The summed E-state index contributed by atoms with van der Waals surface area (Å²) in [5.41, 5.74) is 0. The van der Waals surface area contributed by atoms with E-state index in [2.05, 4.69) is 17.3 Å². The highest BCUT2D eigenvalue weighted by molar-refractivity contribution is 7.89. The van der Waals surface area contributed by atoms with Crippen LogP contribution in [0.2, 0.25) is 0 Å². The smallest absolute Gasteiger partial charge is 0.245 e. The lowest BCUT2D eigenvalue weighted by atomic mass is 10.4. The topological polar surface area (TPSA) is 67.2 Å². The van der Waals surface area contributed by atoms with E-state index in [-0.39, 0.29) is 0 Å². The molecule has 0 atom stereocenters. The molecule has 0 unspecified atom stereocenters. The Bertz CT molecular complexity index is 522. The Labute approximate surface area is 121 Å². The van der Waals surface area contributed by atoms with Crippen LogP contribution in [-0.2, 0) is 16.6 Å². The molecule has 1 aromatic heterocycles. The molecule has 0 bridgehead atoms. The van der Waals surface area contributed by atoms with E-state index < -0.39 is 10.0 Å². The van der Waals surface area contributed by atoms with Gasteiger partial charge in [0.2, 0.25) is 10.0 Å². The third-order valence-corrected chi connectivity index (χ3v) is 5.30. The second-order valence-electron chi connectivity index (χ2n) is 5.38. The van der Waals surface area contributed by atoms with Crippen molar-refractivity contribution in [1.82, 2.24) is 19.4 Å².